The number of nitrogens with two attached hydrogens (primary N) is 1. The average Bonchev–Trinajstić information content (AvgIpc) is 2.58. The first-order valence-electron chi connectivity index (χ1n) is 8.56. The monoisotopic (exact) mass is 309 g/mol. The zero-order chi connectivity index (χ0) is 16.1. The van der Waals surface area contributed by atoms with Crippen molar-refractivity contribution in [3.8, 4) is 0 Å². The maximum Gasteiger partial charge on any atom is 0.0602 e. The van der Waals surface area contributed by atoms with Gasteiger partial charge in [0, 0.05) is 38.8 Å². The van der Waals surface area contributed by atoms with E-state index in [9.17, 15) is 0 Å². The molecule has 23 heavy (non-hydrogen) atoms. The SMILES string of the molecule is CC(N)CN1CCN(C(c2ccccc2)c2ccccc2)CC1. The summed E-state index contributed by atoms with van der Waals surface area (Å²) in [5.41, 5.74) is 8.69. The van der Waals surface area contributed by atoms with E-state index in [0.29, 0.717) is 6.04 Å². The van der Waals surface area contributed by atoms with Crippen molar-refractivity contribution in [1.29, 1.82) is 0 Å². The van der Waals surface area contributed by atoms with Gasteiger partial charge in [0.15, 0.2) is 0 Å². The molecule has 3 heteroatoms. The lowest BCUT2D eigenvalue weighted by Gasteiger charge is -2.40. The molecule has 1 heterocycles. The van der Waals surface area contributed by atoms with Crippen LogP contribution in [0.15, 0.2) is 60.7 Å². The van der Waals surface area contributed by atoms with Crippen LogP contribution in [0, 0.1) is 0 Å². The van der Waals surface area contributed by atoms with Gasteiger partial charge in [-0.05, 0) is 18.1 Å². The van der Waals surface area contributed by atoms with E-state index in [2.05, 4.69) is 77.4 Å². The van der Waals surface area contributed by atoms with E-state index in [1.807, 2.05) is 0 Å². The first kappa shape index (κ1) is 16.2. The highest BCUT2D eigenvalue weighted by atomic mass is 15.3. The van der Waals surface area contributed by atoms with Crippen LogP contribution in [0.5, 0.6) is 0 Å². The van der Waals surface area contributed by atoms with Crippen LogP contribution in [-0.4, -0.2) is 48.6 Å². The summed E-state index contributed by atoms with van der Waals surface area (Å²) in [6, 6.07) is 22.3. The Labute approximate surface area is 139 Å². The van der Waals surface area contributed by atoms with Crippen molar-refractivity contribution in [2.45, 2.75) is 19.0 Å². The Morgan fingerprint density at radius 2 is 1.30 bits per heavy atom. The fraction of sp³-hybridized carbons (Fsp3) is 0.400. The predicted molar refractivity (Wildman–Crippen MR) is 96.4 cm³/mol. The van der Waals surface area contributed by atoms with Gasteiger partial charge in [-0.3, -0.25) is 9.80 Å². The van der Waals surface area contributed by atoms with Gasteiger partial charge in [0.2, 0.25) is 0 Å². The van der Waals surface area contributed by atoms with Gasteiger partial charge < -0.3 is 5.73 Å². The summed E-state index contributed by atoms with van der Waals surface area (Å²) in [5, 5.41) is 0. The molecule has 3 rings (SSSR count). The van der Waals surface area contributed by atoms with Crippen molar-refractivity contribution < 1.29 is 0 Å². The number of benzene rings is 2. The molecule has 1 saturated heterocycles. The van der Waals surface area contributed by atoms with Gasteiger partial charge in [0.1, 0.15) is 0 Å². The molecular weight excluding hydrogens is 282 g/mol. The molecule has 1 unspecified atom stereocenters. The first-order chi connectivity index (χ1) is 11.2. The minimum atomic E-state index is 0.251. The van der Waals surface area contributed by atoms with E-state index in [1.54, 1.807) is 0 Å². The topological polar surface area (TPSA) is 32.5 Å². The van der Waals surface area contributed by atoms with E-state index >= 15 is 0 Å². The van der Waals surface area contributed by atoms with Gasteiger partial charge in [-0.25, -0.2) is 0 Å². The molecule has 0 aromatic heterocycles. The summed E-state index contributed by atoms with van der Waals surface area (Å²) >= 11 is 0. The van der Waals surface area contributed by atoms with Crippen LogP contribution in [0.2, 0.25) is 0 Å². The highest BCUT2D eigenvalue weighted by Gasteiger charge is 2.26. The molecule has 2 N–H and O–H groups in total. The van der Waals surface area contributed by atoms with Gasteiger partial charge in [0.05, 0.1) is 6.04 Å². The molecule has 1 atom stereocenters. The van der Waals surface area contributed by atoms with Crippen LogP contribution >= 0.6 is 0 Å². The molecule has 0 aliphatic carbocycles. The van der Waals surface area contributed by atoms with Crippen molar-refractivity contribution in [2.75, 3.05) is 32.7 Å². The third kappa shape index (κ3) is 4.20. The molecule has 0 spiro atoms. The molecule has 2 aromatic carbocycles. The lowest BCUT2D eigenvalue weighted by atomic mass is 9.96. The molecule has 2 aromatic rings. The normalized spacial score (nSPS) is 18.2. The lowest BCUT2D eigenvalue weighted by molar-refractivity contribution is 0.106. The summed E-state index contributed by atoms with van der Waals surface area (Å²) in [6.07, 6.45) is 0. The number of hydrogen-bond acceptors (Lipinski definition) is 3. The standard InChI is InChI=1S/C20H27N3/c1-17(21)16-22-12-14-23(15-13-22)20(18-8-4-2-5-9-18)19-10-6-3-7-11-19/h2-11,17,20H,12-16,21H2,1H3. The van der Waals surface area contributed by atoms with Crippen LogP contribution in [0.4, 0.5) is 0 Å². The molecule has 3 nitrogen and oxygen atoms in total. The van der Waals surface area contributed by atoms with Gasteiger partial charge >= 0.3 is 0 Å². The van der Waals surface area contributed by atoms with Crippen molar-refractivity contribution in [3.63, 3.8) is 0 Å². The van der Waals surface area contributed by atoms with Gasteiger partial charge in [-0.2, -0.15) is 0 Å². The Morgan fingerprint density at radius 3 is 1.74 bits per heavy atom. The Balaban J connectivity index is 1.78. The third-order valence-corrected chi connectivity index (χ3v) is 4.55. The molecule has 1 aliphatic rings. The zero-order valence-electron chi connectivity index (χ0n) is 13.9. The number of hydrogen-bond donors (Lipinski definition) is 1. The Bertz CT molecular complexity index is 535. The molecule has 0 saturated carbocycles. The van der Waals surface area contributed by atoms with Crippen molar-refractivity contribution in [2.24, 2.45) is 5.73 Å². The maximum absolute atomic E-state index is 5.94. The highest BCUT2D eigenvalue weighted by Crippen LogP contribution is 2.29. The molecule has 0 radical (unpaired) electrons. The lowest BCUT2D eigenvalue weighted by Crippen LogP contribution is -2.50. The second kappa shape index (κ2) is 7.73. The third-order valence-electron chi connectivity index (χ3n) is 4.55. The van der Waals surface area contributed by atoms with Gasteiger partial charge in [-0.1, -0.05) is 60.7 Å². The van der Waals surface area contributed by atoms with E-state index in [4.69, 9.17) is 5.73 Å². The highest BCUT2D eigenvalue weighted by molar-refractivity contribution is 5.31. The summed E-state index contributed by atoms with van der Waals surface area (Å²) in [4.78, 5) is 5.08. The molecule has 122 valence electrons. The van der Waals surface area contributed by atoms with Crippen LogP contribution in [-0.2, 0) is 0 Å². The van der Waals surface area contributed by atoms with E-state index in [1.165, 1.54) is 11.1 Å². The predicted octanol–water partition coefficient (Wildman–Crippen LogP) is 2.74. The average molecular weight is 309 g/mol. The van der Waals surface area contributed by atoms with Crippen molar-refractivity contribution in [1.82, 2.24) is 9.80 Å². The maximum atomic E-state index is 5.94. The number of piperazine rings is 1. The van der Waals surface area contributed by atoms with Crippen molar-refractivity contribution in [3.05, 3.63) is 71.8 Å². The summed E-state index contributed by atoms with van der Waals surface area (Å²) < 4.78 is 0. The molecule has 0 amide bonds. The van der Waals surface area contributed by atoms with Crippen LogP contribution in [0.25, 0.3) is 0 Å². The van der Waals surface area contributed by atoms with Gasteiger partial charge in [-0.15, -0.1) is 0 Å². The minimum Gasteiger partial charge on any atom is -0.327 e. The Kier molecular flexibility index (Phi) is 5.44. The Morgan fingerprint density at radius 1 is 0.826 bits per heavy atom. The summed E-state index contributed by atoms with van der Waals surface area (Å²) in [7, 11) is 0. The van der Waals surface area contributed by atoms with Gasteiger partial charge in [0.25, 0.3) is 0 Å². The quantitative estimate of drug-likeness (QED) is 0.922. The first-order valence-corrected chi connectivity index (χ1v) is 8.56. The molecule has 1 fully saturated rings. The zero-order valence-corrected chi connectivity index (χ0v) is 13.9. The van der Waals surface area contributed by atoms with E-state index in [0.717, 1.165) is 32.7 Å². The van der Waals surface area contributed by atoms with E-state index < -0.39 is 0 Å². The minimum absolute atomic E-state index is 0.251. The number of rotatable bonds is 5. The van der Waals surface area contributed by atoms with E-state index in [-0.39, 0.29) is 6.04 Å². The fourth-order valence-electron chi connectivity index (χ4n) is 3.50. The molecule has 1 aliphatic heterocycles. The van der Waals surface area contributed by atoms with Crippen LogP contribution < -0.4 is 5.73 Å². The second-order valence-corrected chi connectivity index (χ2v) is 6.54. The van der Waals surface area contributed by atoms with Crippen molar-refractivity contribution >= 4 is 0 Å². The smallest absolute Gasteiger partial charge is 0.0602 e. The number of nitrogens with zero attached hydrogens (tertiary/aromatic N) is 2. The summed E-state index contributed by atoms with van der Waals surface area (Å²) in [6.45, 7) is 7.44. The molecular formula is C20H27N3. The largest absolute Gasteiger partial charge is 0.327 e. The summed E-state index contributed by atoms with van der Waals surface area (Å²) in [5.74, 6) is 0. The van der Waals surface area contributed by atoms with Crippen LogP contribution in [0.3, 0.4) is 0 Å². The van der Waals surface area contributed by atoms with Crippen LogP contribution in [0.1, 0.15) is 24.1 Å². The Hall–Kier alpha value is -1.68. The fourth-order valence-corrected chi connectivity index (χ4v) is 3.50. The second-order valence-electron chi connectivity index (χ2n) is 6.54. The molecule has 0 bridgehead atoms.